The SMILES string of the molecule is CCNC(=NCC(C)(C)c1ccc(F)cc1)N1CCS(=O)(=O)C(C)(C)C1. The van der Waals surface area contributed by atoms with Gasteiger partial charge in [-0.1, -0.05) is 26.0 Å². The third-order valence-electron chi connectivity index (χ3n) is 4.93. The summed E-state index contributed by atoms with van der Waals surface area (Å²) in [5.41, 5.74) is 0.756. The molecule has 0 atom stereocenters. The van der Waals surface area contributed by atoms with Gasteiger partial charge in [0.25, 0.3) is 0 Å². The van der Waals surface area contributed by atoms with Gasteiger partial charge in [-0.25, -0.2) is 12.8 Å². The first kappa shape index (κ1) is 20.7. The maximum absolute atomic E-state index is 13.2. The van der Waals surface area contributed by atoms with Gasteiger partial charge < -0.3 is 10.2 Å². The normalized spacial score (nSPS) is 20.1. The zero-order valence-corrected chi connectivity index (χ0v) is 17.2. The van der Waals surface area contributed by atoms with Crippen molar-refractivity contribution < 1.29 is 12.8 Å². The van der Waals surface area contributed by atoms with E-state index in [0.29, 0.717) is 26.2 Å². The average Bonchev–Trinajstić information content (AvgIpc) is 2.54. The van der Waals surface area contributed by atoms with Gasteiger partial charge >= 0.3 is 0 Å². The smallest absolute Gasteiger partial charge is 0.194 e. The van der Waals surface area contributed by atoms with Crippen molar-refractivity contribution in [3.63, 3.8) is 0 Å². The van der Waals surface area contributed by atoms with Gasteiger partial charge in [0.2, 0.25) is 0 Å². The molecule has 2 rings (SSSR count). The Morgan fingerprint density at radius 2 is 1.92 bits per heavy atom. The Kier molecular flexibility index (Phi) is 6.00. The van der Waals surface area contributed by atoms with E-state index in [9.17, 15) is 12.8 Å². The lowest BCUT2D eigenvalue weighted by atomic mass is 9.85. The van der Waals surface area contributed by atoms with Crippen molar-refractivity contribution in [2.45, 2.75) is 44.8 Å². The lowest BCUT2D eigenvalue weighted by Crippen LogP contribution is -2.57. The molecule has 26 heavy (non-hydrogen) atoms. The third kappa shape index (κ3) is 4.55. The van der Waals surface area contributed by atoms with E-state index in [2.05, 4.69) is 19.2 Å². The first-order chi connectivity index (χ1) is 12.0. The molecule has 0 aliphatic carbocycles. The van der Waals surface area contributed by atoms with Crippen molar-refractivity contribution in [1.82, 2.24) is 10.2 Å². The number of sulfone groups is 1. The maximum Gasteiger partial charge on any atom is 0.194 e. The van der Waals surface area contributed by atoms with Gasteiger partial charge in [-0.3, -0.25) is 4.99 Å². The predicted octanol–water partition coefficient (Wildman–Crippen LogP) is 2.58. The summed E-state index contributed by atoms with van der Waals surface area (Å²) < 4.78 is 36.9. The summed E-state index contributed by atoms with van der Waals surface area (Å²) in [7, 11) is -3.09. The topological polar surface area (TPSA) is 61.8 Å². The van der Waals surface area contributed by atoms with Gasteiger partial charge in [0, 0.05) is 25.0 Å². The molecule has 146 valence electrons. The van der Waals surface area contributed by atoms with Gasteiger partial charge in [0.05, 0.1) is 17.0 Å². The summed E-state index contributed by atoms with van der Waals surface area (Å²) in [6.45, 7) is 11.7. The van der Waals surface area contributed by atoms with Gasteiger partial charge in [0.1, 0.15) is 5.82 Å². The molecule has 0 amide bonds. The summed E-state index contributed by atoms with van der Waals surface area (Å²) in [5, 5.41) is 3.27. The van der Waals surface area contributed by atoms with E-state index in [4.69, 9.17) is 4.99 Å². The molecule has 1 aromatic rings. The minimum atomic E-state index is -3.09. The first-order valence-corrected chi connectivity index (χ1v) is 10.7. The molecule has 0 radical (unpaired) electrons. The van der Waals surface area contributed by atoms with Crippen LogP contribution in [0.1, 0.15) is 40.2 Å². The van der Waals surface area contributed by atoms with Crippen LogP contribution in [-0.2, 0) is 15.3 Å². The molecule has 1 aliphatic rings. The fraction of sp³-hybridized carbons (Fsp3) is 0.632. The molecule has 7 heteroatoms. The number of benzene rings is 1. The van der Waals surface area contributed by atoms with E-state index in [0.717, 1.165) is 11.5 Å². The molecule has 0 aromatic heterocycles. The predicted molar refractivity (Wildman–Crippen MR) is 105 cm³/mol. The summed E-state index contributed by atoms with van der Waals surface area (Å²) >= 11 is 0. The molecule has 1 fully saturated rings. The summed E-state index contributed by atoms with van der Waals surface area (Å²) in [6.07, 6.45) is 0. The standard InChI is InChI=1S/C19H30FN3O2S/c1-6-21-17(23-11-12-26(24,25)19(4,5)14-23)22-13-18(2,3)15-7-9-16(20)10-8-15/h7-10H,6,11-14H2,1-5H3,(H,21,22). The summed E-state index contributed by atoms with van der Waals surface area (Å²) in [5.74, 6) is 0.606. The molecule has 1 heterocycles. The lowest BCUT2D eigenvalue weighted by Gasteiger charge is -2.39. The molecule has 0 spiro atoms. The third-order valence-corrected chi connectivity index (χ3v) is 7.46. The minimum absolute atomic E-state index is 0.131. The molecular weight excluding hydrogens is 353 g/mol. The van der Waals surface area contributed by atoms with Crippen LogP contribution in [0, 0.1) is 5.82 Å². The molecule has 0 saturated carbocycles. The molecule has 1 aliphatic heterocycles. The van der Waals surface area contributed by atoms with Gasteiger partial charge in [-0.05, 0) is 38.5 Å². The van der Waals surface area contributed by atoms with E-state index in [1.165, 1.54) is 12.1 Å². The Bertz CT molecular complexity index is 755. The summed E-state index contributed by atoms with van der Waals surface area (Å²) in [4.78, 5) is 6.78. The highest BCUT2D eigenvalue weighted by Crippen LogP contribution is 2.26. The molecule has 1 aromatic carbocycles. The number of halogens is 1. The second kappa shape index (κ2) is 7.55. The van der Waals surface area contributed by atoms with E-state index < -0.39 is 14.6 Å². The Balaban J connectivity index is 2.20. The largest absolute Gasteiger partial charge is 0.357 e. The highest BCUT2D eigenvalue weighted by atomic mass is 32.2. The van der Waals surface area contributed by atoms with E-state index in [-0.39, 0.29) is 17.0 Å². The van der Waals surface area contributed by atoms with Crippen LogP contribution in [0.25, 0.3) is 0 Å². The van der Waals surface area contributed by atoms with Gasteiger partial charge in [0.15, 0.2) is 15.8 Å². The Morgan fingerprint density at radius 3 is 2.46 bits per heavy atom. The van der Waals surface area contributed by atoms with Crippen molar-refractivity contribution in [3.05, 3.63) is 35.6 Å². The second-order valence-corrected chi connectivity index (χ2v) is 10.8. The van der Waals surface area contributed by atoms with Crippen LogP contribution in [0.15, 0.2) is 29.3 Å². The maximum atomic E-state index is 13.2. The van der Waals surface area contributed by atoms with Crippen molar-refractivity contribution in [2.24, 2.45) is 4.99 Å². The highest BCUT2D eigenvalue weighted by Gasteiger charge is 2.41. The van der Waals surface area contributed by atoms with Crippen molar-refractivity contribution in [1.29, 1.82) is 0 Å². The number of guanidine groups is 1. The number of hydrogen-bond donors (Lipinski definition) is 1. The molecule has 1 saturated heterocycles. The summed E-state index contributed by atoms with van der Waals surface area (Å²) in [6, 6.07) is 6.50. The zero-order valence-electron chi connectivity index (χ0n) is 16.3. The fourth-order valence-corrected chi connectivity index (χ4v) is 4.38. The molecular formula is C19H30FN3O2S. The number of nitrogens with one attached hydrogen (secondary N) is 1. The van der Waals surface area contributed by atoms with E-state index in [1.54, 1.807) is 26.0 Å². The number of aliphatic imine (C=N–C) groups is 1. The molecule has 0 bridgehead atoms. The number of rotatable bonds is 4. The Labute approximate surface area is 156 Å². The Morgan fingerprint density at radius 1 is 1.31 bits per heavy atom. The quantitative estimate of drug-likeness (QED) is 0.641. The van der Waals surface area contributed by atoms with Crippen LogP contribution < -0.4 is 5.32 Å². The lowest BCUT2D eigenvalue weighted by molar-refractivity contribution is 0.352. The molecule has 0 unspecified atom stereocenters. The van der Waals surface area contributed by atoms with Crippen LogP contribution >= 0.6 is 0 Å². The highest BCUT2D eigenvalue weighted by molar-refractivity contribution is 7.92. The average molecular weight is 384 g/mol. The van der Waals surface area contributed by atoms with Crippen LogP contribution in [0.5, 0.6) is 0 Å². The minimum Gasteiger partial charge on any atom is -0.357 e. The van der Waals surface area contributed by atoms with Crippen molar-refractivity contribution >= 4 is 15.8 Å². The fourth-order valence-electron chi connectivity index (χ4n) is 3.02. The van der Waals surface area contributed by atoms with Gasteiger partial charge in [-0.2, -0.15) is 0 Å². The number of nitrogens with zero attached hydrogens (tertiary/aromatic N) is 2. The zero-order chi connectivity index (χ0) is 19.6. The molecule has 1 N–H and O–H groups in total. The van der Waals surface area contributed by atoms with Crippen molar-refractivity contribution in [3.8, 4) is 0 Å². The van der Waals surface area contributed by atoms with Gasteiger partial charge in [-0.15, -0.1) is 0 Å². The van der Waals surface area contributed by atoms with E-state index >= 15 is 0 Å². The first-order valence-electron chi connectivity index (χ1n) is 9.00. The van der Waals surface area contributed by atoms with Crippen LogP contribution in [-0.4, -0.2) is 56.0 Å². The van der Waals surface area contributed by atoms with Crippen LogP contribution in [0.4, 0.5) is 4.39 Å². The monoisotopic (exact) mass is 383 g/mol. The van der Waals surface area contributed by atoms with Crippen molar-refractivity contribution in [2.75, 3.05) is 31.9 Å². The molecule has 5 nitrogen and oxygen atoms in total. The van der Waals surface area contributed by atoms with E-state index in [1.807, 2.05) is 11.8 Å². The number of hydrogen-bond acceptors (Lipinski definition) is 3. The van der Waals surface area contributed by atoms with Crippen LogP contribution in [0.2, 0.25) is 0 Å². The van der Waals surface area contributed by atoms with Crippen LogP contribution in [0.3, 0.4) is 0 Å². The second-order valence-electron chi connectivity index (χ2n) is 8.06. The Hall–Kier alpha value is -1.63.